The van der Waals surface area contributed by atoms with Gasteiger partial charge in [-0.15, -0.1) is 23.7 Å². The molecule has 0 unspecified atom stereocenters. The molecule has 3 rings (SSSR count). The predicted molar refractivity (Wildman–Crippen MR) is 95.2 cm³/mol. The number of likely N-dealkylation sites (N-methyl/N-ethyl adjacent to an activating group) is 1. The number of thiophene rings is 1. The van der Waals surface area contributed by atoms with Crippen molar-refractivity contribution in [3.63, 3.8) is 0 Å². The second kappa shape index (κ2) is 7.51. The summed E-state index contributed by atoms with van der Waals surface area (Å²) in [5.74, 6) is 0.153. The average molecular weight is 338 g/mol. The summed E-state index contributed by atoms with van der Waals surface area (Å²) in [6.07, 6.45) is 0. The van der Waals surface area contributed by atoms with Crippen LogP contribution in [0.4, 0.5) is 11.4 Å². The van der Waals surface area contributed by atoms with Crippen LogP contribution in [0.2, 0.25) is 0 Å². The van der Waals surface area contributed by atoms with Crippen molar-refractivity contribution < 1.29 is 4.79 Å². The zero-order chi connectivity index (χ0) is 14.7. The van der Waals surface area contributed by atoms with Gasteiger partial charge in [0.15, 0.2) is 0 Å². The Balaban J connectivity index is 0.00000176. The Morgan fingerprint density at radius 3 is 2.91 bits per heavy atom. The van der Waals surface area contributed by atoms with Gasteiger partial charge in [0.2, 0.25) is 5.91 Å². The Kier molecular flexibility index (Phi) is 5.69. The fourth-order valence-corrected chi connectivity index (χ4v) is 3.27. The number of rotatable bonds is 4. The van der Waals surface area contributed by atoms with Crippen LogP contribution >= 0.6 is 23.7 Å². The molecule has 1 aromatic heterocycles. The second-order valence-electron chi connectivity index (χ2n) is 5.19. The largest absolute Gasteiger partial charge is 0.382 e. The van der Waals surface area contributed by atoms with Crippen LogP contribution in [-0.4, -0.2) is 37.5 Å². The third kappa shape index (κ3) is 3.72. The highest BCUT2D eigenvalue weighted by Gasteiger charge is 2.20. The molecule has 1 aliphatic heterocycles. The van der Waals surface area contributed by atoms with Gasteiger partial charge in [-0.1, -0.05) is 18.2 Å². The van der Waals surface area contributed by atoms with Gasteiger partial charge in [-0.3, -0.25) is 4.79 Å². The standard InChI is InChI=1S/C16H19N3OS.ClH/c1-18(11-13-5-4-10-21-13)16(20)12-19-9-8-17-14-6-2-3-7-15(14)19;/h2-7,10,17H,8-9,11-12H2,1H3;1H. The Hall–Kier alpha value is -1.72. The Morgan fingerprint density at radius 2 is 2.14 bits per heavy atom. The highest BCUT2D eigenvalue weighted by Crippen LogP contribution is 2.28. The van der Waals surface area contributed by atoms with Crippen LogP contribution in [0.5, 0.6) is 0 Å². The number of halogens is 1. The van der Waals surface area contributed by atoms with E-state index in [-0.39, 0.29) is 18.3 Å². The van der Waals surface area contributed by atoms with Crippen molar-refractivity contribution >= 4 is 41.0 Å². The monoisotopic (exact) mass is 337 g/mol. The molecular weight excluding hydrogens is 318 g/mol. The molecule has 1 amide bonds. The summed E-state index contributed by atoms with van der Waals surface area (Å²) in [6, 6.07) is 12.2. The van der Waals surface area contributed by atoms with Gasteiger partial charge in [-0.2, -0.15) is 0 Å². The molecule has 4 nitrogen and oxygen atoms in total. The van der Waals surface area contributed by atoms with Crippen molar-refractivity contribution in [3.05, 3.63) is 46.7 Å². The van der Waals surface area contributed by atoms with Crippen molar-refractivity contribution in [2.45, 2.75) is 6.54 Å². The van der Waals surface area contributed by atoms with Gasteiger partial charge in [-0.25, -0.2) is 0 Å². The van der Waals surface area contributed by atoms with Gasteiger partial charge in [-0.05, 0) is 23.6 Å². The molecule has 1 aliphatic rings. The first-order valence-corrected chi connectivity index (χ1v) is 7.96. The molecule has 2 heterocycles. The molecule has 1 aromatic carbocycles. The number of carbonyl (C=O) groups excluding carboxylic acids is 1. The lowest BCUT2D eigenvalue weighted by Gasteiger charge is -2.32. The first-order valence-electron chi connectivity index (χ1n) is 7.08. The van der Waals surface area contributed by atoms with E-state index in [0.29, 0.717) is 13.1 Å². The fraction of sp³-hybridized carbons (Fsp3) is 0.312. The molecule has 0 aliphatic carbocycles. The smallest absolute Gasteiger partial charge is 0.242 e. The van der Waals surface area contributed by atoms with Crippen LogP contribution in [-0.2, 0) is 11.3 Å². The molecule has 0 radical (unpaired) electrons. The number of fused-ring (bicyclic) bond motifs is 1. The van der Waals surface area contributed by atoms with Gasteiger partial charge < -0.3 is 15.1 Å². The molecule has 0 bridgehead atoms. The lowest BCUT2D eigenvalue weighted by molar-refractivity contribution is -0.128. The first-order chi connectivity index (χ1) is 10.2. The summed E-state index contributed by atoms with van der Waals surface area (Å²) in [5.41, 5.74) is 2.22. The van der Waals surface area contributed by atoms with Gasteiger partial charge in [0, 0.05) is 25.0 Å². The van der Waals surface area contributed by atoms with E-state index in [1.165, 1.54) is 4.88 Å². The summed E-state index contributed by atoms with van der Waals surface area (Å²) in [4.78, 5) is 17.6. The molecule has 0 atom stereocenters. The third-order valence-electron chi connectivity index (χ3n) is 3.67. The number of nitrogens with zero attached hydrogens (tertiary/aromatic N) is 2. The normalized spacial score (nSPS) is 12.9. The summed E-state index contributed by atoms with van der Waals surface area (Å²) in [5, 5.41) is 5.41. The van der Waals surface area contributed by atoms with Crippen molar-refractivity contribution in [1.82, 2.24) is 4.90 Å². The number of amides is 1. The zero-order valence-electron chi connectivity index (χ0n) is 12.5. The quantitative estimate of drug-likeness (QED) is 0.931. The first kappa shape index (κ1) is 16.6. The SMILES string of the molecule is CN(Cc1cccs1)C(=O)CN1CCNc2ccccc21.Cl. The molecule has 1 N–H and O–H groups in total. The zero-order valence-corrected chi connectivity index (χ0v) is 14.1. The minimum absolute atomic E-state index is 0. The maximum absolute atomic E-state index is 12.4. The summed E-state index contributed by atoms with van der Waals surface area (Å²) < 4.78 is 0. The van der Waals surface area contributed by atoms with E-state index in [9.17, 15) is 4.79 Å². The van der Waals surface area contributed by atoms with E-state index in [0.717, 1.165) is 24.5 Å². The number of carbonyl (C=O) groups is 1. The van der Waals surface area contributed by atoms with Crippen LogP contribution in [0.3, 0.4) is 0 Å². The van der Waals surface area contributed by atoms with Crippen LogP contribution in [0.15, 0.2) is 41.8 Å². The van der Waals surface area contributed by atoms with Gasteiger partial charge in [0.1, 0.15) is 0 Å². The molecule has 0 saturated heterocycles. The Bertz CT molecular complexity index is 618. The van der Waals surface area contributed by atoms with Crippen LogP contribution < -0.4 is 10.2 Å². The summed E-state index contributed by atoms with van der Waals surface area (Å²) >= 11 is 1.69. The second-order valence-corrected chi connectivity index (χ2v) is 6.23. The highest BCUT2D eigenvalue weighted by molar-refractivity contribution is 7.09. The number of para-hydroxylation sites is 2. The molecule has 6 heteroatoms. The van der Waals surface area contributed by atoms with E-state index in [1.54, 1.807) is 16.2 Å². The predicted octanol–water partition coefficient (Wildman–Crippen LogP) is 3.06. The van der Waals surface area contributed by atoms with Gasteiger partial charge in [0.05, 0.1) is 24.5 Å². The van der Waals surface area contributed by atoms with E-state index in [2.05, 4.69) is 28.4 Å². The van der Waals surface area contributed by atoms with Crippen LogP contribution in [0, 0.1) is 0 Å². The van der Waals surface area contributed by atoms with E-state index in [4.69, 9.17) is 0 Å². The van der Waals surface area contributed by atoms with Crippen LogP contribution in [0.25, 0.3) is 0 Å². The molecule has 0 saturated carbocycles. The maximum atomic E-state index is 12.4. The van der Waals surface area contributed by atoms with E-state index < -0.39 is 0 Å². The number of anilines is 2. The summed E-state index contributed by atoms with van der Waals surface area (Å²) in [6.45, 7) is 2.85. The van der Waals surface area contributed by atoms with Crippen molar-refractivity contribution in [1.29, 1.82) is 0 Å². The van der Waals surface area contributed by atoms with Crippen molar-refractivity contribution in [2.75, 3.05) is 36.9 Å². The van der Waals surface area contributed by atoms with Crippen molar-refractivity contribution in [2.24, 2.45) is 0 Å². The Morgan fingerprint density at radius 1 is 1.32 bits per heavy atom. The minimum atomic E-state index is 0. The Labute approximate surface area is 141 Å². The average Bonchev–Trinajstić information content (AvgIpc) is 3.00. The molecule has 0 fully saturated rings. The van der Waals surface area contributed by atoms with E-state index >= 15 is 0 Å². The number of benzene rings is 1. The molecule has 2 aromatic rings. The maximum Gasteiger partial charge on any atom is 0.242 e. The molecular formula is C16H20ClN3OS. The molecule has 22 heavy (non-hydrogen) atoms. The highest BCUT2D eigenvalue weighted by atomic mass is 35.5. The third-order valence-corrected chi connectivity index (χ3v) is 4.53. The van der Waals surface area contributed by atoms with Gasteiger partial charge >= 0.3 is 0 Å². The van der Waals surface area contributed by atoms with Gasteiger partial charge in [0.25, 0.3) is 0 Å². The molecule has 0 spiro atoms. The minimum Gasteiger partial charge on any atom is -0.382 e. The topological polar surface area (TPSA) is 35.6 Å². The lowest BCUT2D eigenvalue weighted by Crippen LogP contribution is -2.42. The van der Waals surface area contributed by atoms with E-state index in [1.807, 2.05) is 30.6 Å². The molecule has 118 valence electrons. The number of hydrogen-bond donors (Lipinski definition) is 1. The lowest BCUT2D eigenvalue weighted by atomic mass is 10.2. The van der Waals surface area contributed by atoms with Crippen LogP contribution in [0.1, 0.15) is 4.88 Å². The fourth-order valence-electron chi connectivity index (χ4n) is 2.52. The van der Waals surface area contributed by atoms with Crippen molar-refractivity contribution in [3.8, 4) is 0 Å². The number of hydrogen-bond acceptors (Lipinski definition) is 4. The summed E-state index contributed by atoms with van der Waals surface area (Å²) in [7, 11) is 1.87. The number of nitrogens with one attached hydrogen (secondary N) is 1.